The minimum absolute atomic E-state index is 0.473. The first-order chi connectivity index (χ1) is 6.19. The van der Waals surface area contributed by atoms with Crippen LogP contribution in [0.5, 0.6) is 0 Å². The maximum Gasteiger partial charge on any atom is 0.121 e. The zero-order valence-corrected chi connectivity index (χ0v) is 9.73. The minimum Gasteiger partial charge on any atom is -0.465 e. The molecular formula is C10H16BrNO. The minimum atomic E-state index is 0.473. The van der Waals surface area contributed by atoms with Crippen LogP contribution in [0.3, 0.4) is 0 Å². The van der Waals surface area contributed by atoms with Crippen LogP contribution in [0.2, 0.25) is 0 Å². The summed E-state index contributed by atoms with van der Waals surface area (Å²) in [5, 5.41) is 0. The zero-order chi connectivity index (χ0) is 9.84. The van der Waals surface area contributed by atoms with Gasteiger partial charge in [0.15, 0.2) is 0 Å². The summed E-state index contributed by atoms with van der Waals surface area (Å²) < 4.78 is 6.75. The van der Waals surface area contributed by atoms with Gasteiger partial charge in [-0.2, -0.15) is 0 Å². The van der Waals surface area contributed by atoms with Crippen LogP contribution in [0.25, 0.3) is 0 Å². The molecule has 2 N–H and O–H groups in total. The standard InChI is InChI=1S/C10H16BrNO/c1-3-7(2)10-9(11)6-8(13-10)4-5-12/h6-7H,3-5,12H2,1-2H3. The fourth-order valence-corrected chi connectivity index (χ4v) is 1.95. The molecule has 1 rings (SSSR count). The zero-order valence-electron chi connectivity index (χ0n) is 8.14. The van der Waals surface area contributed by atoms with Crippen LogP contribution in [0.1, 0.15) is 37.7 Å². The normalized spacial score (nSPS) is 13.2. The summed E-state index contributed by atoms with van der Waals surface area (Å²) in [6, 6.07) is 2.02. The quantitative estimate of drug-likeness (QED) is 0.886. The fraction of sp³-hybridized carbons (Fsp3) is 0.600. The molecular weight excluding hydrogens is 230 g/mol. The summed E-state index contributed by atoms with van der Waals surface area (Å²) in [6.45, 7) is 4.96. The van der Waals surface area contributed by atoms with E-state index in [-0.39, 0.29) is 0 Å². The van der Waals surface area contributed by atoms with Gasteiger partial charge in [-0.15, -0.1) is 0 Å². The van der Waals surface area contributed by atoms with Crippen molar-refractivity contribution >= 4 is 15.9 Å². The van der Waals surface area contributed by atoms with E-state index in [1.165, 1.54) is 0 Å². The van der Waals surface area contributed by atoms with Gasteiger partial charge in [-0.3, -0.25) is 0 Å². The molecule has 0 aliphatic carbocycles. The van der Waals surface area contributed by atoms with Crippen molar-refractivity contribution < 1.29 is 4.42 Å². The molecule has 3 heteroatoms. The molecule has 0 amide bonds. The third-order valence-electron chi connectivity index (χ3n) is 2.21. The van der Waals surface area contributed by atoms with E-state index in [9.17, 15) is 0 Å². The summed E-state index contributed by atoms with van der Waals surface area (Å²) in [4.78, 5) is 0. The monoisotopic (exact) mass is 245 g/mol. The molecule has 2 nitrogen and oxygen atoms in total. The lowest BCUT2D eigenvalue weighted by molar-refractivity contribution is 0.433. The average Bonchev–Trinajstić information content (AvgIpc) is 2.46. The Bertz CT molecular complexity index is 270. The Labute approximate surface area is 87.6 Å². The van der Waals surface area contributed by atoms with Crippen molar-refractivity contribution in [3.05, 3.63) is 22.1 Å². The van der Waals surface area contributed by atoms with E-state index in [4.69, 9.17) is 10.2 Å². The van der Waals surface area contributed by atoms with Crippen molar-refractivity contribution in [1.29, 1.82) is 0 Å². The molecule has 1 unspecified atom stereocenters. The Morgan fingerprint density at radius 2 is 2.31 bits per heavy atom. The average molecular weight is 246 g/mol. The van der Waals surface area contributed by atoms with E-state index in [1.54, 1.807) is 0 Å². The Balaban J connectivity index is 2.82. The van der Waals surface area contributed by atoms with Gasteiger partial charge >= 0.3 is 0 Å². The third kappa shape index (κ3) is 2.58. The molecule has 74 valence electrons. The number of halogens is 1. The van der Waals surface area contributed by atoms with Gasteiger partial charge in [-0.05, 0) is 35.0 Å². The van der Waals surface area contributed by atoms with Crippen LogP contribution in [0.15, 0.2) is 15.0 Å². The number of rotatable bonds is 4. The summed E-state index contributed by atoms with van der Waals surface area (Å²) in [6.07, 6.45) is 1.91. The predicted molar refractivity (Wildman–Crippen MR) is 57.9 cm³/mol. The van der Waals surface area contributed by atoms with Crippen molar-refractivity contribution in [2.45, 2.75) is 32.6 Å². The molecule has 0 fully saturated rings. The molecule has 1 aromatic heterocycles. The number of furan rings is 1. The SMILES string of the molecule is CCC(C)c1oc(CCN)cc1Br. The van der Waals surface area contributed by atoms with E-state index in [0.29, 0.717) is 12.5 Å². The molecule has 0 saturated carbocycles. The molecule has 1 heterocycles. The number of hydrogen-bond donors (Lipinski definition) is 1. The van der Waals surface area contributed by atoms with Gasteiger partial charge in [0, 0.05) is 12.3 Å². The topological polar surface area (TPSA) is 39.2 Å². The molecule has 0 saturated heterocycles. The molecule has 1 aromatic rings. The Hall–Kier alpha value is -0.280. The second-order valence-corrected chi connectivity index (χ2v) is 4.13. The lowest BCUT2D eigenvalue weighted by atomic mass is 10.1. The summed E-state index contributed by atoms with van der Waals surface area (Å²) in [5.41, 5.74) is 5.45. The van der Waals surface area contributed by atoms with Crippen LogP contribution in [-0.2, 0) is 6.42 Å². The molecule has 0 spiro atoms. The highest BCUT2D eigenvalue weighted by Crippen LogP contribution is 2.30. The van der Waals surface area contributed by atoms with Gasteiger partial charge in [0.1, 0.15) is 11.5 Å². The summed E-state index contributed by atoms with van der Waals surface area (Å²) in [7, 11) is 0. The number of nitrogens with two attached hydrogens (primary N) is 1. The van der Waals surface area contributed by atoms with Crippen molar-refractivity contribution in [3.8, 4) is 0 Å². The highest BCUT2D eigenvalue weighted by Gasteiger charge is 2.13. The summed E-state index contributed by atoms with van der Waals surface area (Å²) in [5.74, 6) is 2.50. The van der Waals surface area contributed by atoms with Crippen LogP contribution in [0, 0.1) is 0 Å². The second kappa shape index (κ2) is 4.82. The predicted octanol–water partition coefficient (Wildman–Crippen LogP) is 3.06. The lowest BCUT2D eigenvalue weighted by Gasteiger charge is -2.04. The van der Waals surface area contributed by atoms with E-state index in [1.807, 2.05) is 6.07 Å². The Morgan fingerprint density at radius 3 is 2.85 bits per heavy atom. The van der Waals surface area contributed by atoms with Crippen molar-refractivity contribution in [2.24, 2.45) is 5.73 Å². The van der Waals surface area contributed by atoms with Gasteiger partial charge in [0.25, 0.3) is 0 Å². The van der Waals surface area contributed by atoms with Crippen LogP contribution in [0.4, 0.5) is 0 Å². The van der Waals surface area contributed by atoms with Crippen LogP contribution in [-0.4, -0.2) is 6.54 Å². The van der Waals surface area contributed by atoms with Crippen molar-refractivity contribution in [3.63, 3.8) is 0 Å². The fourth-order valence-electron chi connectivity index (χ4n) is 1.22. The van der Waals surface area contributed by atoms with Gasteiger partial charge in [-0.25, -0.2) is 0 Å². The smallest absolute Gasteiger partial charge is 0.121 e. The van der Waals surface area contributed by atoms with E-state index in [2.05, 4.69) is 29.8 Å². The van der Waals surface area contributed by atoms with E-state index >= 15 is 0 Å². The highest BCUT2D eigenvalue weighted by molar-refractivity contribution is 9.10. The molecule has 0 bridgehead atoms. The Kier molecular flexibility index (Phi) is 4.00. The van der Waals surface area contributed by atoms with E-state index < -0.39 is 0 Å². The first kappa shape index (κ1) is 10.8. The molecule has 0 aliphatic heterocycles. The first-order valence-corrected chi connectivity index (χ1v) is 5.46. The number of hydrogen-bond acceptors (Lipinski definition) is 2. The molecule has 1 atom stereocenters. The third-order valence-corrected chi connectivity index (χ3v) is 2.83. The molecule has 0 aliphatic rings. The highest BCUT2D eigenvalue weighted by atomic mass is 79.9. The van der Waals surface area contributed by atoms with Gasteiger partial charge in [0.2, 0.25) is 0 Å². The maximum absolute atomic E-state index is 5.68. The molecule has 0 aromatic carbocycles. The van der Waals surface area contributed by atoms with E-state index in [0.717, 1.165) is 28.8 Å². The van der Waals surface area contributed by atoms with Gasteiger partial charge in [0.05, 0.1) is 4.47 Å². The van der Waals surface area contributed by atoms with Gasteiger partial charge < -0.3 is 10.2 Å². The van der Waals surface area contributed by atoms with Crippen molar-refractivity contribution in [2.75, 3.05) is 6.54 Å². The maximum atomic E-state index is 5.68. The van der Waals surface area contributed by atoms with Gasteiger partial charge in [-0.1, -0.05) is 13.8 Å². The Morgan fingerprint density at radius 1 is 1.62 bits per heavy atom. The lowest BCUT2D eigenvalue weighted by Crippen LogP contribution is -2.01. The van der Waals surface area contributed by atoms with Crippen molar-refractivity contribution in [1.82, 2.24) is 0 Å². The van der Waals surface area contributed by atoms with Crippen LogP contribution >= 0.6 is 15.9 Å². The summed E-state index contributed by atoms with van der Waals surface area (Å²) >= 11 is 3.49. The van der Waals surface area contributed by atoms with Crippen LogP contribution < -0.4 is 5.73 Å². The first-order valence-electron chi connectivity index (χ1n) is 4.67. The second-order valence-electron chi connectivity index (χ2n) is 3.27. The molecule has 13 heavy (non-hydrogen) atoms. The molecule has 0 radical (unpaired) electrons. The largest absolute Gasteiger partial charge is 0.465 e.